The van der Waals surface area contributed by atoms with Crippen molar-refractivity contribution in [1.82, 2.24) is 10.6 Å². The Kier molecular flexibility index (Phi) is 6.41. The van der Waals surface area contributed by atoms with Crippen molar-refractivity contribution >= 4 is 6.03 Å². The summed E-state index contributed by atoms with van der Waals surface area (Å²) in [6.07, 6.45) is 0.746. The molecular formula is C18H21FN2O2. The third kappa shape index (κ3) is 5.98. The van der Waals surface area contributed by atoms with Crippen LogP contribution in [0.4, 0.5) is 9.18 Å². The van der Waals surface area contributed by atoms with Gasteiger partial charge in [-0.15, -0.1) is 0 Å². The van der Waals surface area contributed by atoms with E-state index < -0.39 is 0 Å². The smallest absolute Gasteiger partial charge is 0.315 e. The molecule has 0 bridgehead atoms. The Labute approximate surface area is 135 Å². The van der Waals surface area contributed by atoms with E-state index in [9.17, 15) is 9.18 Å². The van der Waals surface area contributed by atoms with E-state index in [1.54, 1.807) is 12.1 Å². The lowest BCUT2D eigenvalue weighted by molar-refractivity contribution is 0.240. The fourth-order valence-electron chi connectivity index (χ4n) is 2.09. The summed E-state index contributed by atoms with van der Waals surface area (Å²) in [4.78, 5) is 11.7. The lowest BCUT2D eigenvalue weighted by Gasteiger charge is -2.08. The quantitative estimate of drug-likeness (QED) is 0.824. The standard InChI is InChI=1S/C18H21FN2O2/c1-2-23-17-9-5-14(6-10-17)11-12-20-18(22)21-13-15-3-7-16(19)8-4-15/h3-10H,2,11-13H2,1H3,(H2,20,21,22). The fraction of sp³-hybridized carbons (Fsp3) is 0.278. The highest BCUT2D eigenvalue weighted by atomic mass is 19.1. The number of carbonyl (C=O) groups excluding carboxylic acids is 1. The molecule has 23 heavy (non-hydrogen) atoms. The maximum Gasteiger partial charge on any atom is 0.315 e. The molecule has 0 saturated heterocycles. The first-order valence-electron chi connectivity index (χ1n) is 7.65. The van der Waals surface area contributed by atoms with Crippen LogP contribution >= 0.6 is 0 Å². The average Bonchev–Trinajstić information content (AvgIpc) is 2.56. The summed E-state index contributed by atoms with van der Waals surface area (Å²) in [6.45, 7) is 3.51. The number of carbonyl (C=O) groups is 1. The highest BCUT2D eigenvalue weighted by Crippen LogP contribution is 2.12. The van der Waals surface area contributed by atoms with Crippen molar-refractivity contribution in [2.75, 3.05) is 13.2 Å². The Balaban J connectivity index is 1.67. The van der Waals surface area contributed by atoms with Crippen LogP contribution in [-0.4, -0.2) is 19.2 Å². The van der Waals surface area contributed by atoms with E-state index in [0.29, 0.717) is 19.7 Å². The second-order valence-corrected chi connectivity index (χ2v) is 5.06. The van der Waals surface area contributed by atoms with Gasteiger partial charge in [-0.05, 0) is 48.7 Å². The topological polar surface area (TPSA) is 50.4 Å². The average molecular weight is 316 g/mol. The van der Waals surface area contributed by atoms with Gasteiger partial charge in [-0.2, -0.15) is 0 Å². The molecule has 0 heterocycles. The number of urea groups is 1. The fourth-order valence-corrected chi connectivity index (χ4v) is 2.09. The van der Waals surface area contributed by atoms with Crippen molar-refractivity contribution < 1.29 is 13.9 Å². The highest BCUT2D eigenvalue weighted by molar-refractivity contribution is 5.73. The molecule has 0 aliphatic rings. The molecule has 4 nitrogen and oxygen atoms in total. The summed E-state index contributed by atoms with van der Waals surface area (Å²) in [6, 6.07) is 13.6. The van der Waals surface area contributed by atoms with Gasteiger partial charge in [-0.1, -0.05) is 24.3 Å². The Morgan fingerprint density at radius 2 is 1.65 bits per heavy atom. The maximum absolute atomic E-state index is 12.8. The Bertz CT molecular complexity index is 612. The number of hydrogen-bond acceptors (Lipinski definition) is 2. The highest BCUT2D eigenvalue weighted by Gasteiger charge is 2.01. The molecule has 0 atom stereocenters. The lowest BCUT2D eigenvalue weighted by atomic mass is 10.1. The summed E-state index contributed by atoms with van der Waals surface area (Å²) < 4.78 is 18.2. The molecule has 122 valence electrons. The first-order chi connectivity index (χ1) is 11.2. The molecule has 0 aromatic heterocycles. The summed E-state index contributed by atoms with van der Waals surface area (Å²) >= 11 is 0. The molecule has 0 radical (unpaired) electrons. The summed E-state index contributed by atoms with van der Waals surface area (Å²) in [5.41, 5.74) is 1.99. The minimum atomic E-state index is -0.284. The Hall–Kier alpha value is -2.56. The summed E-state index contributed by atoms with van der Waals surface area (Å²) in [7, 11) is 0. The molecule has 2 N–H and O–H groups in total. The van der Waals surface area contributed by atoms with Crippen LogP contribution in [0.1, 0.15) is 18.1 Å². The monoisotopic (exact) mass is 316 g/mol. The van der Waals surface area contributed by atoms with Gasteiger partial charge in [0.15, 0.2) is 0 Å². The van der Waals surface area contributed by atoms with E-state index in [1.807, 2.05) is 31.2 Å². The molecule has 2 aromatic carbocycles. The van der Waals surface area contributed by atoms with Crippen molar-refractivity contribution in [3.8, 4) is 5.75 Å². The van der Waals surface area contributed by atoms with Crippen LogP contribution in [0.15, 0.2) is 48.5 Å². The van der Waals surface area contributed by atoms with Crippen LogP contribution < -0.4 is 15.4 Å². The maximum atomic E-state index is 12.8. The number of halogens is 1. The first-order valence-corrected chi connectivity index (χ1v) is 7.65. The van der Waals surface area contributed by atoms with Gasteiger partial charge in [-0.25, -0.2) is 9.18 Å². The molecule has 2 amide bonds. The van der Waals surface area contributed by atoms with Crippen molar-refractivity contribution in [3.63, 3.8) is 0 Å². The zero-order valence-corrected chi connectivity index (χ0v) is 13.1. The molecule has 0 aliphatic heterocycles. The van der Waals surface area contributed by atoms with Crippen molar-refractivity contribution in [2.24, 2.45) is 0 Å². The first kappa shape index (κ1) is 16.8. The number of nitrogens with one attached hydrogen (secondary N) is 2. The van der Waals surface area contributed by atoms with Gasteiger partial charge in [0.25, 0.3) is 0 Å². The van der Waals surface area contributed by atoms with Crippen LogP contribution in [-0.2, 0) is 13.0 Å². The van der Waals surface area contributed by atoms with Gasteiger partial charge in [-0.3, -0.25) is 0 Å². The number of hydrogen-bond donors (Lipinski definition) is 2. The van der Waals surface area contributed by atoms with Gasteiger partial charge in [0.05, 0.1) is 6.61 Å². The zero-order chi connectivity index (χ0) is 16.5. The predicted molar refractivity (Wildman–Crippen MR) is 88.0 cm³/mol. The van der Waals surface area contributed by atoms with Crippen LogP contribution in [0.5, 0.6) is 5.75 Å². The van der Waals surface area contributed by atoms with Crippen molar-refractivity contribution in [1.29, 1.82) is 0 Å². The van der Waals surface area contributed by atoms with Gasteiger partial charge < -0.3 is 15.4 Å². The summed E-state index contributed by atoms with van der Waals surface area (Å²) in [5, 5.41) is 5.54. The second kappa shape index (κ2) is 8.78. The number of amides is 2. The van der Waals surface area contributed by atoms with Gasteiger partial charge >= 0.3 is 6.03 Å². The van der Waals surface area contributed by atoms with E-state index in [2.05, 4.69) is 10.6 Å². The van der Waals surface area contributed by atoms with Crippen LogP contribution in [0.2, 0.25) is 0 Å². The minimum Gasteiger partial charge on any atom is -0.494 e. The normalized spacial score (nSPS) is 10.2. The zero-order valence-electron chi connectivity index (χ0n) is 13.1. The van der Waals surface area contributed by atoms with Gasteiger partial charge in [0.1, 0.15) is 11.6 Å². The van der Waals surface area contributed by atoms with Gasteiger partial charge in [0, 0.05) is 13.1 Å². The van der Waals surface area contributed by atoms with Crippen LogP contribution in [0, 0.1) is 5.82 Å². The number of benzene rings is 2. The molecule has 0 fully saturated rings. The Morgan fingerprint density at radius 3 is 2.30 bits per heavy atom. The van der Waals surface area contributed by atoms with E-state index in [1.165, 1.54) is 12.1 Å². The van der Waals surface area contributed by atoms with E-state index in [-0.39, 0.29) is 11.8 Å². The molecule has 2 rings (SSSR count). The minimum absolute atomic E-state index is 0.236. The molecule has 2 aromatic rings. The third-order valence-electron chi connectivity index (χ3n) is 3.30. The number of rotatable bonds is 7. The molecule has 0 aliphatic carbocycles. The second-order valence-electron chi connectivity index (χ2n) is 5.06. The van der Waals surface area contributed by atoms with Crippen LogP contribution in [0.3, 0.4) is 0 Å². The largest absolute Gasteiger partial charge is 0.494 e. The van der Waals surface area contributed by atoms with E-state index in [4.69, 9.17) is 4.74 Å². The van der Waals surface area contributed by atoms with Gasteiger partial charge in [0.2, 0.25) is 0 Å². The number of ether oxygens (including phenoxy) is 1. The molecular weight excluding hydrogens is 295 g/mol. The van der Waals surface area contributed by atoms with E-state index in [0.717, 1.165) is 23.3 Å². The molecule has 0 saturated carbocycles. The Morgan fingerprint density at radius 1 is 1.00 bits per heavy atom. The van der Waals surface area contributed by atoms with Crippen LogP contribution in [0.25, 0.3) is 0 Å². The van der Waals surface area contributed by atoms with Crippen molar-refractivity contribution in [2.45, 2.75) is 19.9 Å². The molecule has 0 unspecified atom stereocenters. The molecule has 5 heteroatoms. The summed E-state index contributed by atoms with van der Waals surface area (Å²) in [5.74, 6) is 0.565. The SMILES string of the molecule is CCOc1ccc(CCNC(=O)NCc2ccc(F)cc2)cc1. The molecule has 0 spiro atoms. The van der Waals surface area contributed by atoms with Crippen molar-refractivity contribution in [3.05, 3.63) is 65.5 Å². The third-order valence-corrected chi connectivity index (χ3v) is 3.30. The predicted octanol–water partition coefficient (Wildman–Crippen LogP) is 3.27. The van der Waals surface area contributed by atoms with E-state index >= 15 is 0 Å². The lowest BCUT2D eigenvalue weighted by Crippen LogP contribution is -2.36.